The van der Waals surface area contributed by atoms with E-state index in [1.54, 1.807) is 0 Å². The Balaban J connectivity index is 2.28. The van der Waals surface area contributed by atoms with Crippen molar-refractivity contribution in [3.63, 3.8) is 0 Å². The molecule has 0 saturated heterocycles. The van der Waals surface area contributed by atoms with Crippen LogP contribution in [0.3, 0.4) is 0 Å². The molecule has 0 atom stereocenters. The van der Waals surface area contributed by atoms with Crippen molar-refractivity contribution in [2.75, 3.05) is 7.05 Å². The van der Waals surface area contributed by atoms with Crippen LogP contribution < -0.4 is 10.1 Å². The van der Waals surface area contributed by atoms with Gasteiger partial charge in [0.05, 0.1) is 0 Å². The molecule has 2 aromatic carbocycles. The predicted octanol–water partition coefficient (Wildman–Crippen LogP) is 3.82. The summed E-state index contributed by atoms with van der Waals surface area (Å²) >= 11 is 0. The topological polar surface area (TPSA) is 21.3 Å². The van der Waals surface area contributed by atoms with Crippen molar-refractivity contribution >= 4 is 0 Å². The van der Waals surface area contributed by atoms with Crippen LogP contribution in [-0.4, -0.2) is 7.05 Å². The molecule has 18 heavy (non-hydrogen) atoms. The van der Waals surface area contributed by atoms with E-state index in [0.717, 1.165) is 23.6 Å². The number of para-hydroxylation sites is 1. The van der Waals surface area contributed by atoms with Gasteiger partial charge in [-0.1, -0.05) is 35.9 Å². The molecule has 0 saturated carbocycles. The molecular weight excluding hydrogens is 222 g/mol. The molecule has 2 heteroatoms. The van der Waals surface area contributed by atoms with E-state index in [-0.39, 0.29) is 0 Å². The average molecular weight is 241 g/mol. The van der Waals surface area contributed by atoms with E-state index in [1.165, 1.54) is 11.1 Å². The largest absolute Gasteiger partial charge is 0.457 e. The quantitative estimate of drug-likeness (QED) is 0.878. The lowest BCUT2D eigenvalue weighted by molar-refractivity contribution is 0.470. The van der Waals surface area contributed by atoms with E-state index in [9.17, 15) is 0 Å². The van der Waals surface area contributed by atoms with Crippen molar-refractivity contribution in [3.05, 3.63) is 59.2 Å². The molecule has 0 fully saturated rings. The Morgan fingerprint density at radius 2 is 1.78 bits per heavy atom. The normalized spacial score (nSPS) is 10.4. The van der Waals surface area contributed by atoms with Crippen LogP contribution in [-0.2, 0) is 6.54 Å². The Kier molecular flexibility index (Phi) is 4.00. The Morgan fingerprint density at radius 1 is 1.00 bits per heavy atom. The summed E-state index contributed by atoms with van der Waals surface area (Å²) < 4.78 is 6.01. The number of rotatable bonds is 4. The first-order valence-electron chi connectivity index (χ1n) is 6.18. The second-order valence-corrected chi connectivity index (χ2v) is 4.51. The summed E-state index contributed by atoms with van der Waals surface area (Å²) in [7, 11) is 1.94. The molecule has 2 aromatic rings. The van der Waals surface area contributed by atoms with Crippen molar-refractivity contribution < 1.29 is 4.74 Å². The SMILES string of the molecule is CNCc1ccccc1Oc1ccc(C)cc1C. The van der Waals surface area contributed by atoms with Gasteiger partial charge >= 0.3 is 0 Å². The second-order valence-electron chi connectivity index (χ2n) is 4.51. The Hall–Kier alpha value is -1.80. The zero-order valence-corrected chi connectivity index (χ0v) is 11.2. The fraction of sp³-hybridized carbons (Fsp3) is 0.250. The summed E-state index contributed by atoms with van der Waals surface area (Å²) in [5.74, 6) is 1.84. The van der Waals surface area contributed by atoms with Gasteiger partial charge in [0, 0.05) is 12.1 Å². The monoisotopic (exact) mass is 241 g/mol. The van der Waals surface area contributed by atoms with E-state index in [1.807, 2.05) is 31.3 Å². The van der Waals surface area contributed by atoms with Crippen LogP contribution in [0.5, 0.6) is 11.5 Å². The highest BCUT2D eigenvalue weighted by molar-refractivity contribution is 5.42. The maximum atomic E-state index is 6.01. The number of hydrogen-bond acceptors (Lipinski definition) is 2. The van der Waals surface area contributed by atoms with Gasteiger partial charge in [-0.25, -0.2) is 0 Å². The van der Waals surface area contributed by atoms with Gasteiger partial charge in [0.2, 0.25) is 0 Å². The maximum Gasteiger partial charge on any atom is 0.131 e. The zero-order chi connectivity index (χ0) is 13.0. The third-order valence-electron chi connectivity index (χ3n) is 2.89. The first-order valence-corrected chi connectivity index (χ1v) is 6.18. The van der Waals surface area contributed by atoms with E-state index in [2.05, 4.69) is 37.4 Å². The van der Waals surface area contributed by atoms with E-state index >= 15 is 0 Å². The van der Waals surface area contributed by atoms with Gasteiger partial charge in [-0.3, -0.25) is 0 Å². The smallest absolute Gasteiger partial charge is 0.131 e. The lowest BCUT2D eigenvalue weighted by Crippen LogP contribution is -2.06. The molecule has 0 aromatic heterocycles. The van der Waals surface area contributed by atoms with Crippen molar-refractivity contribution in [3.8, 4) is 11.5 Å². The molecule has 0 bridgehead atoms. The molecule has 1 N–H and O–H groups in total. The number of ether oxygens (including phenoxy) is 1. The Labute approximate surface area is 109 Å². The molecule has 0 radical (unpaired) electrons. The van der Waals surface area contributed by atoms with E-state index in [0.29, 0.717) is 0 Å². The Morgan fingerprint density at radius 3 is 2.50 bits per heavy atom. The summed E-state index contributed by atoms with van der Waals surface area (Å²) in [6, 6.07) is 14.3. The summed E-state index contributed by atoms with van der Waals surface area (Å²) in [6.07, 6.45) is 0. The lowest BCUT2D eigenvalue weighted by Gasteiger charge is -2.13. The van der Waals surface area contributed by atoms with Crippen LogP contribution >= 0.6 is 0 Å². The third-order valence-corrected chi connectivity index (χ3v) is 2.89. The van der Waals surface area contributed by atoms with Crippen molar-refractivity contribution in [1.29, 1.82) is 0 Å². The molecule has 94 valence electrons. The van der Waals surface area contributed by atoms with E-state index in [4.69, 9.17) is 4.74 Å². The minimum Gasteiger partial charge on any atom is -0.457 e. The second kappa shape index (κ2) is 5.69. The summed E-state index contributed by atoms with van der Waals surface area (Å²) in [5, 5.41) is 3.15. The van der Waals surface area contributed by atoms with Crippen molar-refractivity contribution in [1.82, 2.24) is 5.32 Å². The molecule has 0 heterocycles. The fourth-order valence-corrected chi connectivity index (χ4v) is 1.97. The first-order chi connectivity index (χ1) is 8.70. The van der Waals surface area contributed by atoms with Crippen LogP contribution in [0.15, 0.2) is 42.5 Å². The van der Waals surface area contributed by atoms with Crippen LogP contribution in [0.4, 0.5) is 0 Å². The fourth-order valence-electron chi connectivity index (χ4n) is 1.97. The zero-order valence-electron chi connectivity index (χ0n) is 11.2. The van der Waals surface area contributed by atoms with Crippen LogP contribution in [0.25, 0.3) is 0 Å². The molecule has 0 aliphatic carbocycles. The Bertz CT molecular complexity index is 534. The van der Waals surface area contributed by atoms with Gasteiger partial charge in [0.15, 0.2) is 0 Å². The number of benzene rings is 2. The highest BCUT2D eigenvalue weighted by Gasteiger charge is 2.05. The van der Waals surface area contributed by atoms with Gasteiger partial charge in [0.25, 0.3) is 0 Å². The molecule has 2 nitrogen and oxygen atoms in total. The third kappa shape index (κ3) is 2.90. The first kappa shape index (κ1) is 12.7. The molecule has 0 unspecified atom stereocenters. The molecule has 0 aliphatic heterocycles. The summed E-state index contributed by atoms with van der Waals surface area (Å²) in [5.41, 5.74) is 3.58. The molecule has 2 rings (SSSR count). The average Bonchev–Trinajstić information content (AvgIpc) is 2.35. The number of aryl methyl sites for hydroxylation is 2. The van der Waals surface area contributed by atoms with E-state index < -0.39 is 0 Å². The highest BCUT2D eigenvalue weighted by atomic mass is 16.5. The number of hydrogen-bond donors (Lipinski definition) is 1. The van der Waals surface area contributed by atoms with Gasteiger partial charge in [-0.05, 0) is 38.6 Å². The predicted molar refractivity (Wildman–Crippen MR) is 75.2 cm³/mol. The van der Waals surface area contributed by atoms with Gasteiger partial charge in [-0.2, -0.15) is 0 Å². The minimum absolute atomic E-state index is 0.807. The maximum absolute atomic E-state index is 6.01. The standard InChI is InChI=1S/C16H19NO/c1-12-8-9-15(13(2)10-12)18-16-7-5-4-6-14(16)11-17-3/h4-10,17H,11H2,1-3H3. The minimum atomic E-state index is 0.807. The molecule has 0 aliphatic rings. The van der Waals surface area contributed by atoms with Crippen LogP contribution in [0.2, 0.25) is 0 Å². The molecule has 0 amide bonds. The lowest BCUT2D eigenvalue weighted by atomic mass is 10.1. The highest BCUT2D eigenvalue weighted by Crippen LogP contribution is 2.28. The van der Waals surface area contributed by atoms with Gasteiger partial charge < -0.3 is 10.1 Å². The van der Waals surface area contributed by atoms with Crippen molar-refractivity contribution in [2.24, 2.45) is 0 Å². The van der Waals surface area contributed by atoms with Crippen LogP contribution in [0.1, 0.15) is 16.7 Å². The number of nitrogens with one attached hydrogen (secondary N) is 1. The van der Waals surface area contributed by atoms with Crippen LogP contribution in [0, 0.1) is 13.8 Å². The summed E-state index contributed by atoms with van der Waals surface area (Å²) in [6.45, 7) is 4.97. The van der Waals surface area contributed by atoms with Gasteiger partial charge in [-0.15, -0.1) is 0 Å². The molecular formula is C16H19NO. The van der Waals surface area contributed by atoms with Crippen molar-refractivity contribution in [2.45, 2.75) is 20.4 Å². The summed E-state index contributed by atoms with van der Waals surface area (Å²) in [4.78, 5) is 0. The molecule has 0 spiro atoms. The van der Waals surface area contributed by atoms with Gasteiger partial charge in [0.1, 0.15) is 11.5 Å².